The van der Waals surface area contributed by atoms with Crippen LogP contribution in [0.25, 0.3) is 0 Å². The second kappa shape index (κ2) is 6.02. The highest BCUT2D eigenvalue weighted by Gasteiger charge is 2.80. The molecule has 7 nitrogen and oxygen atoms in total. The Morgan fingerprint density at radius 3 is 2.62 bits per heavy atom. The number of carbonyl (C=O) groups is 2. The first-order chi connectivity index (χ1) is 13.6. The number of aliphatic hydroxyl groups is 3. The summed E-state index contributed by atoms with van der Waals surface area (Å²) in [6, 6.07) is 0. The van der Waals surface area contributed by atoms with Gasteiger partial charge >= 0.3 is 5.97 Å². The first-order valence-electron chi connectivity index (χ1n) is 11.0. The van der Waals surface area contributed by atoms with Gasteiger partial charge in [0.15, 0.2) is 6.29 Å². The fourth-order valence-corrected chi connectivity index (χ4v) is 8.57. The lowest BCUT2D eigenvalue weighted by atomic mass is 9.37. The van der Waals surface area contributed by atoms with Crippen molar-refractivity contribution in [2.75, 3.05) is 6.61 Å². The molecule has 1 saturated heterocycles. The van der Waals surface area contributed by atoms with E-state index < -0.39 is 53.2 Å². The minimum absolute atomic E-state index is 0.0661. The number of hydrogen-bond acceptors (Lipinski definition) is 7. The third-order valence-electron chi connectivity index (χ3n) is 9.55. The number of fused-ring (bicyclic) bond motifs is 1. The van der Waals surface area contributed by atoms with Crippen molar-refractivity contribution in [2.24, 2.45) is 39.9 Å². The summed E-state index contributed by atoms with van der Waals surface area (Å²) in [5.41, 5.74) is -2.47. The molecule has 4 saturated carbocycles. The highest BCUT2D eigenvalue weighted by atomic mass is 16.6. The normalized spacial score (nSPS) is 58.3. The lowest BCUT2D eigenvalue weighted by molar-refractivity contribution is -0.357. The van der Waals surface area contributed by atoms with Crippen LogP contribution in [0.1, 0.15) is 52.9 Å². The van der Waals surface area contributed by atoms with Crippen LogP contribution in [-0.4, -0.2) is 58.3 Å². The van der Waals surface area contributed by atoms with Crippen molar-refractivity contribution < 1.29 is 34.4 Å². The molecule has 2 unspecified atom stereocenters. The number of rotatable bonds is 1. The van der Waals surface area contributed by atoms with Crippen molar-refractivity contribution in [3.8, 4) is 0 Å². The third-order valence-corrected chi connectivity index (χ3v) is 9.55. The molecule has 1 spiro atoms. The molecule has 0 aromatic carbocycles. The van der Waals surface area contributed by atoms with Crippen molar-refractivity contribution in [3.05, 3.63) is 0 Å². The van der Waals surface area contributed by atoms with Gasteiger partial charge in [-0.3, -0.25) is 9.59 Å². The van der Waals surface area contributed by atoms with E-state index in [9.17, 15) is 24.9 Å². The van der Waals surface area contributed by atoms with Gasteiger partial charge in [0, 0.05) is 24.2 Å². The maximum absolute atomic E-state index is 13.6. The summed E-state index contributed by atoms with van der Waals surface area (Å²) in [5.74, 6) is -2.11. The second-order valence-electron chi connectivity index (χ2n) is 10.6. The van der Waals surface area contributed by atoms with Gasteiger partial charge in [0.2, 0.25) is 0 Å². The Morgan fingerprint density at radius 2 is 1.93 bits per heavy atom. The van der Waals surface area contributed by atoms with E-state index in [0.29, 0.717) is 25.9 Å². The quantitative estimate of drug-likeness (QED) is 0.555. The molecule has 5 rings (SSSR count). The van der Waals surface area contributed by atoms with Crippen molar-refractivity contribution in [1.29, 1.82) is 0 Å². The van der Waals surface area contributed by atoms with E-state index in [1.54, 1.807) is 6.92 Å². The molecule has 1 aliphatic heterocycles. The lowest BCUT2D eigenvalue weighted by Crippen LogP contribution is -2.75. The van der Waals surface area contributed by atoms with Crippen molar-refractivity contribution in [2.45, 2.75) is 77.5 Å². The number of ether oxygens (including phenoxy) is 2. The molecule has 1 heterocycles. The van der Waals surface area contributed by atoms with Gasteiger partial charge in [0.25, 0.3) is 0 Å². The number of esters is 1. The number of Topliss-reactive ketones (excluding diaryl/α,β-unsaturated/α-hetero) is 1. The first-order valence-corrected chi connectivity index (χ1v) is 11.0. The van der Waals surface area contributed by atoms with Gasteiger partial charge in [-0.05, 0) is 42.9 Å². The zero-order chi connectivity index (χ0) is 20.9. The van der Waals surface area contributed by atoms with Gasteiger partial charge in [0.1, 0.15) is 11.9 Å². The Kier molecular flexibility index (Phi) is 4.14. The maximum Gasteiger partial charge on any atom is 0.302 e. The molecule has 0 aromatic rings. The van der Waals surface area contributed by atoms with Crippen LogP contribution in [0.4, 0.5) is 0 Å². The smallest absolute Gasteiger partial charge is 0.302 e. The SMILES string of the molecule is CC(=O)O[C@H]1C[C@@H]2[C@@H](O)C3(C(=O)[C@@H]2C)[C@H](O)C[C@@H]2[C@@]4(C)CCC[C@@]2(C(O)OC4)[C@H]13. The summed E-state index contributed by atoms with van der Waals surface area (Å²) in [6.45, 7) is 5.68. The Hall–Kier alpha value is -1.02. The van der Waals surface area contributed by atoms with Gasteiger partial charge < -0.3 is 24.8 Å². The molecule has 5 aliphatic rings. The van der Waals surface area contributed by atoms with Crippen LogP contribution < -0.4 is 0 Å². The predicted octanol–water partition coefficient (Wildman–Crippen LogP) is 1.03. The highest BCUT2D eigenvalue weighted by molar-refractivity contribution is 5.92. The monoisotopic (exact) mass is 408 g/mol. The van der Waals surface area contributed by atoms with E-state index >= 15 is 0 Å². The third kappa shape index (κ3) is 2.13. The van der Waals surface area contributed by atoms with E-state index in [2.05, 4.69) is 6.92 Å². The van der Waals surface area contributed by atoms with Crippen LogP contribution in [0.3, 0.4) is 0 Å². The molecule has 29 heavy (non-hydrogen) atoms. The molecule has 0 aromatic heterocycles. The molecular formula is C22H32O7. The summed E-state index contributed by atoms with van der Waals surface area (Å²) in [4.78, 5) is 25.6. The maximum atomic E-state index is 13.6. The summed E-state index contributed by atoms with van der Waals surface area (Å²) >= 11 is 0. The lowest BCUT2D eigenvalue weighted by Gasteiger charge is -2.70. The summed E-state index contributed by atoms with van der Waals surface area (Å²) < 4.78 is 11.7. The fourth-order valence-electron chi connectivity index (χ4n) is 8.57. The van der Waals surface area contributed by atoms with Crippen molar-refractivity contribution >= 4 is 11.8 Å². The largest absolute Gasteiger partial charge is 0.462 e. The summed E-state index contributed by atoms with van der Waals surface area (Å²) in [5, 5.41) is 34.0. The number of aliphatic hydroxyl groups excluding tert-OH is 3. The summed E-state index contributed by atoms with van der Waals surface area (Å²) in [7, 11) is 0. The molecule has 162 valence electrons. The molecule has 5 fully saturated rings. The van der Waals surface area contributed by atoms with Crippen LogP contribution >= 0.6 is 0 Å². The second-order valence-corrected chi connectivity index (χ2v) is 10.6. The number of ketones is 1. The first kappa shape index (κ1) is 19.9. The van der Waals surface area contributed by atoms with Crippen LogP contribution in [0.15, 0.2) is 0 Å². The molecule has 3 N–H and O–H groups in total. The van der Waals surface area contributed by atoms with Gasteiger partial charge in [-0.1, -0.05) is 20.3 Å². The molecular weight excluding hydrogens is 376 g/mol. The molecule has 4 bridgehead atoms. The average molecular weight is 408 g/mol. The number of carbonyl (C=O) groups excluding carboxylic acids is 2. The molecule has 4 aliphatic carbocycles. The topological polar surface area (TPSA) is 113 Å². The Labute approximate surface area is 170 Å². The van der Waals surface area contributed by atoms with Gasteiger partial charge in [-0.15, -0.1) is 0 Å². The molecule has 7 heteroatoms. The average Bonchev–Trinajstić information content (AvgIpc) is 2.76. The minimum Gasteiger partial charge on any atom is -0.462 e. The van der Waals surface area contributed by atoms with Crippen LogP contribution in [-0.2, 0) is 19.1 Å². The fraction of sp³-hybridized carbons (Fsp3) is 0.909. The van der Waals surface area contributed by atoms with Crippen molar-refractivity contribution in [3.63, 3.8) is 0 Å². The van der Waals surface area contributed by atoms with Gasteiger partial charge in [-0.2, -0.15) is 0 Å². The van der Waals surface area contributed by atoms with Crippen LogP contribution in [0.5, 0.6) is 0 Å². The van der Waals surface area contributed by atoms with E-state index in [-0.39, 0.29) is 23.0 Å². The molecule has 0 radical (unpaired) electrons. The molecule has 0 amide bonds. The summed E-state index contributed by atoms with van der Waals surface area (Å²) in [6.07, 6.45) is -0.640. The van der Waals surface area contributed by atoms with Crippen molar-refractivity contribution in [1.82, 2.24) is 0 Å². The van der Waals surface area contributed by atoms with Gasteiger partial charge in [0.05, 0.1) is 24.2 Å². The van der Waals surface area contributed by atoms with E-state index in [1.807, 2.05) is 0 Å². The van der Waals surface area contributed by atoms with E-state index in [0.717, 1.165) is 12.8 Å². The van der Waals surface area contributed by atoms with E-state index in [4.69, 9.17) is 9.47 Å². The van der Waals surface area contributed by atoms with Gasteiger partial charge in [-0.25, -0.2) is 0 Å². The standard InChI is InChI=1S/C22H32O7/c1-10-12-7-13(29-11(2)23)16-21-6-4-5-20(3,9-28-19(21)27)14(21)8-15(24)22(16,17(10)25)18(12)26/h10,12-16,18-19,24,26-27H,4-9H2,1-3H3/t10-,12+,13+,14-,15-,16+,18-,19?,20+,21+,22?/m1/s1. The minimum atomic E-state index is -1.42. The van der Waals surface area contributed by atoms with Crippen LogP contribution in [0.2, 0.25) is 0 Å². The Morgan fingerprint density at radius 1 is 1.21 bits per heavy atom. The predicted molar refractivity (Wildman–Crippen MR) is 100 cm³/mol. The van der Waals surface area contributed by atoms with E-state index in [1.165, 1.54) is 6.92 Å². The highest BCUT2D eigenvalue weighted by Crippen LogP contribution is 2.73. The Bertz CT molecular complexity index is 753. The Balaban J connectivity index is 1.75. The number of hydrogen-bond donors (Lipinski definition) is 3. The zero-order valence-corrected chi connectivity index (χ0v) is 17.3. The van der Waals surface area contributed by atoms with Crippen LogP contribution in [0, 0.1) is 39.9 Å². The molecule has 11 atom stereocenters. The zero-order valence-electron chi connectivity index (χ0n) is 17.3.